The van der Waals surface area contributed by atoms with Gasteiger partial charge >= 0.3 is 0 Å². The molecule has 5 heavy (non-hydrogen) atoms. The zero-order valence-electron chi connectivity index (χ0n) is 2.62. The maximum absolute atomic E-state index is 10.6. The van der Waals surface area contributed by atoms with E-state index in [0.717, 1.165) is 0 Å². The Hall–Kier alpha value is -0.140. The first-order valence-electron chi connectivity index (χ1n) is 1.25. The van der Waals surface area contributed by atoms with Crippen LogP contribution in [0.2, 0.25) is 0 Å². The minimum Gasteiger partial charge on any atom is -0.244 e. The molecule has 0 rings (SSSR count). The van der Waals surface area contributed by atoms with E-state index < -0.39 is 0 Å². The lowest BCUT2D eigenvalue weighted by molar-refractivity contribution is 0.524. The summed E-state index contributed by atoms with van der Waals surface area (Å²) in [6, 6.07) is 0. The zero-order chi connectivity index (χ0) is 4.12. The average Bonchev–Trinajstić information content (AvgIpc) is 1.41. The van der Waals surface area contributed by atoms with Crippen molar-refractivity contribution in [3.05, 3.63) is 13.3 Å². The summed E-state index contributed by atoms with van der Waals surface area (Å²) < 4.78 is 21.2. The molecule has 0 aromatic heterocycles. The Morgan fingerprint density at radius 3 is 1.60 bits per heavy atom. The number of hydrogen-bond acceptors (Lipinski definition) is 0. The maximum Gasteiger partial charge on any atom is 0.134 e. The van der Waals surface area contributed by atoms with Gasteiger partial charge in [0.2, 0.25) is 0 Å². The summed E-state index contributed by atoms with van der Waals surface area (Å²) in [7, 11) is 0. The molecule has 2 heteroatoms. The predicted octanol–water partition coefficient (Wildman–Crippen LogP) is 1.64. The Bertz CT molecular complexity index is 12.4. The van der Waals surface area contributed by atoms with Crippen molar-refractivity contribution >= 4 is 0 Å². The van der Waals surface area contributed by atoms with Gasteiger partial charge in [0.15, 0.2) is 0 Å². The van der Waals surface area contributed by atoms with Crippen molar-refractivity contribution in [1.29, 1.82) is 0 Å². The Kier molecular flexibility index (Phi) is 3.75. The summed E-state index contributed by atoms with van der Waals surface area (Å²) in [6.07, 6.45) is -0.194. The maximum atomic E-state index is 10.6. The molecule has 0 unspecified atom stereocenters. The largest absolute Gasteiger partial charge is 0.244 e. The van der Waals surface area contributed by atoms with E-state index in [1.165, 1.54) is 0 Å². The minimum absolute atomic E-state index is 0.194. The molecule has 0 nitrogen and oxygen atoms in total. The zero-order valence-corrected chi connectivity index (χ0v) is 2.62. The third-order valence-corrected chi connectivity index (χ3v) is 0.178. The van der Waals surface area contributed by atoms with Gasteiger partial charge < -0.3 is 0 Å². The average molecular weight is 78.1 g/mol. The van der Waals surface area contributed by atoms with Gasteiger partial charge in [-0.1, -0.05) is 0 Å². The van der Waals surface area contributed by atoms with Crippen LogP contribution in [-0.4, -0.2) is 0 Å². The Labute approximate surface area is 29.8 Å². The first-order chi connectivity index (χ1) is 2.41. The highest BCUT2D eigenvalue weighted by molar-refractivity contribution is 4.53. The normalized spacial score (nSPS) is 8.40. The Morgan fingerprint density at radius 1 is 1.20 bits per heavy atom. The van der Waals surface area contributed by atoms with Gasteiger partial charge in [-0.05, 0) is 0 Å². The fourth-order valence-corrected chi connectivity index (χ4v) is 0.0337. The molecule has 0 spiro atoms. The van der Waals surface area contributed by atoms with Gasteiger partial charge in [-0.15, -0.1) is 0 Å². The third-order valence-electron chi connectivity index (χ3n) is 0.178. The van der Waals surface area contributed by atoms with Crippen LogP contribution in [0.25, 0.3) is 0 Å². The second-order valence-corrected chi connectivity index (χ2v) is 0.544. The SMILES string of the molecule is F[CH]C[CH]F. The molecule has 0 bridgehead atoms. The molecule has 0 heterocycles. The highest BCUT2D eigenvalue weighted by Crippen LogP contribution is 1.90. The first kappa shape index (κ1) is 4.86. The van der Waals surface area contributed by atoms with E-state index in [-0.39, 0.29) is 19.8 Å². The topological polar surface area (TPSA) is 0 Å². The Balaban J connectivity index is 2.19. The van der Waals surface area contributed by atoms with Crippen LogP contribution < -0.4 is 0 Å². The molecule has 0 N–H and O–H groups in total. The van der Waals surface area contributed by atoms with E-state index in [1.54, 1.807) is 0 Å². The molecule has 0 atom stereocenters. The lowest BCUT2D eigenvalue weighted by Gasteiger charge is -1.71. The molecule has 0 aliphatic heterocycles. The summed E-state index contributed by atoms with van der Waals surface area (Å²) in [6.45, 7) is 0.500. The second-order valence-electron chi connectivity index (χ2n) is 0.544. The van der Waals surface area contributed by atoms with E-state index in [9.17, 15) is 8.78 Å². The number of hydrogen-bond donors (Lipinski definition) is 0. The van der Waals surface area contributed by atoms with Crippen molar-refractivity contribution in [2.45, 2.75) is 6.42 Å². The summed E-state index contributed by atoms with van der Waals surface area (Å²) in [5.74, 6) is 0. The molecule has 0 aromatic carbocycles. The molecule has 0 aromatic rings. The van der Waals surface area contributed by atoms with Gasteiger partial charge in [-0.3, -0.25) is 0 Å². The van der Waals surface area contributed by atoms with Gasteiger partial charge in [0.1, 0.15) is 13.3 Å². The highest BCUT2D eigenvalue weighted by Gasteiger charge is 1.77. The van der Waals surface area contributed by atoms with Crippen molar-refractivity contribution < 1.29 is 8.78 Å². The minimum atomic E-state index is -0.194. The van der Waals surface area contributed by atoms with Crippen LogP contribution >= 0.6 is 0 Å². The number of rotatable bonds is 2. The van der Waals surface area contributed by atoms with Gasteiger partial charge in [0.25, 0.3) is 0 Å². The van der Waals surface area contributed by atoms with Crippen molar-refractivity contribution in [3.8, 4) is 0 Å². The first-order valence-corrected chi connectivity index (χ1v) is 1.25. The molecule has 0 saturated heterocycles. The molecular weight excluding hydrogens is 74.0 g/mol. The molecular formula is C3H4F2. The van der Waals surface area contributed by atoms with Crippen LogP contribution in [0.3, 0.4) is 0 Å². The molecule has 0 aliphatic carbocycles. The van der Waals surface area contributed by atoms with E-state index in [2.05, 4.69) is 0 Å². The van der Waals surface area contributed by atoms with Crippen molar-refractivity contribution in [2.75, 3.05) is 0 Å². The monoisotopic (exact) mass is 78.0 g/mol. The van der Waals surface area contributed by atoms with Gasteiger partial charge in [0.05, 0.1) is 0 Å². The van der Waals surface area contributed by atoms with Crippen LogP contribution in [0, 0.1) is 13.3 Å². The van der Waals surface area contributed by atoms with Crippen LogP contribution in [0.1, 0.15) is 6.42 Å². The van der Waals surface area contributed by atoms with Crippen LogP contribution in [0.5, 0.6) is 0 Å². The molecule has 0 fully saturated rings. The molecule has 0 amide bonds. The van der Waals surface area contributed by atoms with Crippen LogP contribution in [-0.2, 0) is 0 Å². The van der Waals surface area contributed by atoms with Gasteiger partial charge in [-0.25, -0.2) is 8.78 Å². The molecule has 30 valence electrons. The number of halogens is 2. The summed E-state index contributed by atoms with van der Waals surface area (Å²) >= 11 is 0. The van der Waals surface area contributed by atoms with Gasteiger partial charge in [-0.2, -0.15) is 0 Å². The van der Waals surface area contributed by atoms with Crippen molar-refractivity contribution in [3.63, 3.8) is 0 Å². The summed E-state index contributed by atoms with van der Waals surface area (Å²) in [5.41, 5.74) is 0. The second kappa shape index (κ2) is 3.86. The quantitative estimate of drug-likeness (QED) is 0.471. The summed E-state index contributed by atoms with van der Waals surface area (Å²) in [5, 5.41) is 0. The van der Waals surface area contributed by atoms with Crippen molar-refractivity contribution in [2.24, 2.45) is 0 Å². The van der Waals surface area contributed by atoms with E-state index >= 15 is 0 Å². The fraction of sp³-hybridized carbons (Fsp3) is 0.333. The van der Waals surface area contributed by atoms with Gasteiger partial charge in [0, 0.05) is 6.42 Å². The molecule has 0 aliphatic rings. The standard InChI is InChI=1S/C3H4F2/c4-2-1-3-5/h2-3H,1H2. The lowest BCUT2D eigenvalue weighted by Crippen LogP contribution is -1.58. The van der Waals surface area contributed by atoms with Crippen LogP contribution in [0.4, 0.5) is 8.78 Å². The van der Waals surface area contributed by atoms with E-state index in [1.807, 2.05) is 0 Å². The summed E-state index contributed by atoms with van der Waals surface area (Å²) in [4.78, 5) is 0. The van der Waals surface area contributed by atoms with E-state index in [4.69, 9.17) is 0 Å². The smallest absolute Gasteiger partial charge is 0.134 e. The van der Waals surface area contributed by atoms with Crippen LogP contribution in [0.15, 0.2) is 0 Å². The fourth-order valence-electron chi connectivity index (χ4n) is 0.0337. The Morgan fingerprint density at radius 2 is 1.60 bits per heavy atom. The third kappa shape index (κ3) is 3.86. The lowest BCUT2D eigenvalue weighted by atomic mass is 10.5. The highest BCUT2D eigenvalue weighted by atomic mass is 19.1. The predicted molar refractivity (Wildman–Crippen MR) is 15.4 cm³/mol. The molecule has 2 radical (unpaired) electrons. The van der Waals surface area contributed by atoms with E-state index in [0.29, 0.717) is 0 Å². The van der Waals surface area contributed by atoms with Crippen molar-refractivity contribution in [1.82, 2.24) is 0 Å². The molecule has 0 saturated carbocycles.